The molecule has 1 heterocycles. The summed E-state index contributed by atoms with van der Waals surface area (Å²) in [4.78, 5) is 11.7. The van der Waals surface area contributed by atoms with E-state index in [1.165, 1.54) is 24.5 Å². The molecule has 1 aromatic carbocycles. The third-order valence-electron chi connectivity index (χ3n) is 2.12. The molecule has 0 saturated heterocycles. The largest absolute Gasteiger partial charge is 0.457 e. The second-order valence-corrected chi connectivity index (χ2v) is 4.02. The minimum atomic E-state index is -0.575. The molecule has 0 unspecified atom stereocenters. The topological polar surface area (TPSA) is 68.3 Å². The standard InChI is InChI=1S/C11H8BrFN2O2/c12-10-7(3-4-17-10)11(16)15-6-1-2-9(14)8(13)5-6/h1-5H,14H2,(H,15,16). The molecule has 0 bridgehead atoms. The van der Waals surface area contributed by atoms with E-state index >= 15 is 0 Å². The Bertz CT molecular complexity index is 568. The predicted octanol–water partition coefficient (Wildman–Crippen LogP) is 3.02. The van der Waals surface area contributed by atoms with Crippen LogP contribution in [0, 0.1) is 5.82 Å². The Labute approximate surface area is 105 Å². The quantitative estimate of drug-likeness (QED) is 0.838. The minimum absolute atomic E-state index is 0.0347. The first-order valence-corrected chi connectivity index (χ1v) is 5.46. The van der Waals surface area contributed by atoms with Crippen molar-refractivity contribution in [2.24, 2.45) is 0 Å². The highest BCUT2D eigenvalue weighted by Gasteiger charge is 2.13. The molecule has 1 aromatic heterocycles. The number of hydrogen-bond donors (Lipinski definition) is 2. The molecule has 0 aliphatic heterocycles. The SMILES string of the molecule is Nc1ccc(NC(=O)c2ccoc2Br)cc1F. The summed E-state index contributed by atoms with van der Waals surface area (Å²) in [5.41, 5.74) is 6.03. The number of rotatable bonds is 2. The number of halogens is 2. The van der Waals surface area contributed by atoms with Crippen LogP contribution in [0.25, 0.3) is 0 Å². The van der Waals surface area contributed by atoms with Crippen molar-refractivity contribution in [2.75, 3.05) is 11.1 Å². The molecule has 0 radical (unpaired) electrons. The fraction of sp³-hybridized carbons (Fsp3) is 0. The molecule has 88 valence electrons. The van der Waals surface area contributed by atoms with Crippen molar-refractivity contribution in [1.29, 1.82) is 0 Å². The van der Waals surface area contributed by atoms with Gasteiger partial charge in [-0.25, -0.2) is 4.39 Å². The van der Waals surface area contributed by atoms with Gasteiger partial charge in [-0.15, -0.1) is 0 Å². The number of nitrogens with one attached hydrogen (secondary N) is 1. The molecular formula is C11H8BrFN2O2. The molecule has 6 heteroatoms. The highest BCUT2D eigenvalue weighted by Crippen LogP contribution is 2.20. The van der Waals surface area contributed by atoms with E-state index in [1.807, 2.05) is 0 Å². The number of furan rings is 1. The van der Waals surface area contributed by atoms with Gasteiger partial charge in [0.15, 0.2) is 4.67 Å². The first-order valence-electron chi connectivity index (χ1n) is 4.67. The van der Waals surface area contributed by atoms with E-state index in [4.69, 9.17) is 10.2 Å². The third-order valence-corrected chi connectivity index (χ3v) is 2.74. The van der Waals surface area contributed by atoms with Gasteiger partial charge in [0, 0.05) is 5.69 Å². The molecule has 0 aliphatic carbocycles. The molecular weight excluding hydrogens is 291 g/mol. The number of nitrogen functional groups attached to an aromatic ring is 1. The lowest BCUT2D eigenvalue weighted by molar-refractivity contribution is 0.102. The summed E-state index contributed by atoms with van der Waals surface area (Å²) in [5, 5.41) is 2.53. The summed E-state index contributed by atoms with van der Waals surface area (Å²) in [6.07, 6.45) is 1.38. The number of anilines is 2. The maximum absolute atomic E-state index is 13.1. The van der Waals surface area contributed by atoms with E-state index in [-0.39, 0.29) is 5.69 Å². The number of amides is 1. The van der Waals surface area contributed by atoms with Crippen molar-refractivity contribution in [3.63, 3.8) is 0 Å². The van der Waals surface area contributed by atoms with Gasteiger partial charge in [0.05, 0.1) is 17.5 Å². The van der Waals surface area contributed by atoms with Crippen LogP contribution in [-0.2, 0) is 0 Å². The smallest absolute Gasteiger partial charge is 0.260 e. The number of benzene rings is 1. The second kappa shape index (κ2) is 4.58. The number of hydrogen-bond acceptors (Lipinski definition) is 3. The van der Waals surface area contributed by atoms with E-state index in [2.05, 4.69) is 21.2 Å². The van der Waals surface area contributed by atoms with Crippen molar-refractivity contribution >= 4 is 33.2 Å². The van der Waals surface area contributed by atoms with Gasteiger partial charge in [-0.1, -0.05) is 0 Å². The van der Waals surface area contributed by atoms with Gasteiger partial charge in [-0.05, 0) is 40.2 Å². The molecule has 0 spiro atoms. The van der Waals surface area contributed by atoms with Gasteiger partial charge in [0.1, 0.15) is 5.82 Å². The van der Waals surface area contributed by atoms with Crippen LogP contribution in [-0.4, -0.2) is 5.91 Å². The van der Waals surface area contributed by atoms with Gasteiger partial charge in [0.2, 0.25) is 0 Å². The lowest BCUT2D eigenvalue weighted by atomic mass is 10.2. The van der Waals surface area contributed by atoms with Gasteiger partial charge in [-0.3, -0.25) is 4.79 Å². The number of carbonyl (C=O) groups is 1. The zero-order chi connectivity index (χ0) is 12.4. The Hall–Kier alpha value is -1.82. The van der Waals surface area contributed by atoms with Crippen molar-refractivity contribution in [2.45, 2.75) is 0 Å². The first kappa shape index (κ1) is 11.7. The van der Waals surface area contributed by atoms with Gasteiger partial charge in [0.25, 0.3) is 5.91 Å². The van der Waals surface area contributed by atoms with Crippen LogP contribution in [0.4, 0.5) is 15.8 Å². The van der Waals surface area contributed by atoms with E-state index in [1.54, 1.807) is 0 Å². The number of carbonyl (C=O) groups excluding carboxylic acids is 1. The monoisotopic (exact) mass is 298 g/mol. The highest BCUT2D eigenvalue weighted by atomic mass is 79.9. The molecule has 2 rings (SSSR count). The molecule has 3 N–H and O–H groups in total. The van der Waals surface area contributed by atoms with Crippen molar-refractivity contribution in [3.8, 4) is 0 Å². The number of nitrogens with two attached hydrogens (primary N) is 1. The maximum atomic E-state index is 13.1. The molecule has 0 saturated carbocycles. The van der Waals surface area contributed by atoms with Gasteiger partial charge in [-0.2, -0.15) is 0 Å². The molecule has 0 fully saturated rings. The Morgan fingerprint density at radius 2 is 2.18 bits per heavy atom. The summed E-state index contributed by atoms with van der Waals surface area (Å²) >= 11 is 3.08. The Balaban J connectivity index is 2.19. The van der Waals surface area contributed by atoms with E-state index < -0.39 is 11.7 Å². The molecule has 0 aliphatic rings. The predicted molar refractivity (Wildman–Crippen MR) is 65.2 cm³/mol. The Morgan fingerprint density at radius 3 is 2.76 bits per heavy atom. The first-order chi connectivity index (χ1) is 8.08. The van der Waals surface area contributed by atoms with Crippen LogP contribution in [0.2, 0.25) is 0 Å². The molecule has 1 amide bonds. The van der Waals surface area contributed by atoms with Crippen LogP contribution in [0.1, 0.15) is 10.4 Å². The van der Waals surface area contributed by atoms with E-state index in [9.17, 15) is 9.18 Å². The zero-order valence-corrected chi connectivity index (χ0v) is 10.1. The lowest BCUT2D eigenvalue weighted by Gasteiger charge is -2.05. The molecule has 17 heavy (non-hydrogen) atoms. The lowest BCUT2D eigenvalue weighted by Crippen LogP contribution is -2.11. The van der Waals surface area contributed by atoms with Gasteiger partial charge >= 0.3 is 0 Å². The average Bonchev–Trinajstić information content (AvgIpc) is 2.70. The third kappa shape index (κ3) is 2.47. The summed E-state index contributed by atoms with van der Waals surface area (Å²) in [5.74, 6) is -0.969. The van der Waals surface area contributed by atoms with Crippen LogP contribution in [0.15, 0.2) is 39.6 Å². The van der Waals surface area contributed by atoms with E-state index in [0.29, 0.717) is 15.9 Å². The van der Waals surface area contributed by atoms with Crippen LogP contribution < -0.4 is 11.1 Å². The molecule has 2 aromatic rings. The molecule has 4 nitrogen and oxygen atoms in total. The van der Waals surface area contributed by atoms with Gasteiger partial charge < -0.3 is 15.5 Å². The fourth-order valence-corrected chi connectivity index (χ4v) is 1.68. The Morgan fingerprint density at radius 1 is 1.41 bits per heavy atom. The molecule has 0 atom stereocenters. The van der Waals surface area contributed by atoms with Crippen LogP contribution in [0.5, 0.6) is 0 Å². The van der Waals surface area contributed by atoms with E-state index in [0.717, 1.165) is 6.07 Å². The van der Waals surface area contributed by atoms with Crippen LogP contribution in [0.3, 0.4) is 0 Å². The highest BCUT2D eigenvalue weighted by molar-refractivity contribution is 9.10. The zero-order valence-electron chi connectivity index (χ0n) is 8.54. The fourth-order valence-electron chi connectivity index (χ4n) is 1.26. The summed E-state index contributed by atoms with van der Waals surface area (Å²) in [6, 6.07) is 5.56. The summed E-state index contributed by atoms with van der Waals surface area (Å²) in [6.45, 7) is 0. The van der Waals surface area contributed by atoms with Crippen molar-refractivity contribution < 1.29 is 13.6 Å². The van der Waals surface area contributed by atoms with Crippen molar-refractivity contribution in [1.82, 2.24) is 0 Å². The normalized spacial score (nSPS) is 10.2. The summed E-state index contributed by atoms with van der Waals surface area (Å²) < 4.78 is 18.4. The Kier molecular flexibility index (Phi) is 3.14. The van der Waals surface area contributed by atoms with Crippen LogP contribution >= 0.6 is 15.9 Å². The summed E-state index contributed by atoms with van der Waals surface area (Å²) in [7, 11) is 0. The van der Waals surface area contributed by atoms with Crippen molar-refractivity contribution in [3.05, 3.63) is 46.6 Å². The average molecular weight is 299 g/mol. The maximum Gasteiger partial charge on any atom is 0.260 e. The minimum Gasteiger partial charge on any atom is -0.457 e. The second-order valence-electron chi connectivity index (χ2n) is 3.30.